The molecule has 39 heavy (non-hydrogen) atoms. The molecular weight excluding hydrogens is 583 g/mol. The number of nitrogens with zero attached hydrogens (tertiary/aromatic N) is 2. The number of ether oxygens (including phenoxy) is 1. The number of carbonyl (C=O) groups excluding carboxylic acids is 3. The van der Waals surface area contributed by atoms with E-state index in [0.29, 0.717) is 32.1 Å². The van der Waals surface area contributed by atoms with Crippen molar-refractivity contribution < 1.29 is 19.1 Å². The molecule has 0 radical (unpaired) electrons. The second kappa shape index (κ2) is 11.1. The second-order valence-electron chi connectivity index (χ2n) is 8.16. The third kappa shape index (κ3) is 5.48. The number of rotatable bonds is 7. The summed E-state index contributed by atoms with van der Waals surface area (Å²) in [5, 5.41) is 8.50. The largest absolute Gasteiger partial charge is 0.495 e. The first kappa shape index (κ1) is 26.7. The highest BCUT2D eigenvalue weighted by molar-refractivity contribution is 7.14. The Morgan fingerprint density at radius 1 is 0.949 bits per heavy atom. The van der Waals surface area contributed by atoms with E-state index in [0.717, 1.165) is 10.5 Å². The van der Waals surface area contributed by atoms with Crippen LogP contribution in [0.3, 0.4) is 0 Å². The fourth-order valence-electron chi connectivity index (χ4n) is 3.80. The zero-order valence-corrected chi connectivity index (χ0v) is 23.1. The van der Waals surface area contributed by atoms with Crippen molar-refractivity contribution in [3.63, 3.8) is 0 Å². The van der Waals surface area contributed by atoms with Gasteiger partial charge in [-0.2, -0.15) is 0 Å². The Kier molecular flexibility index (Phi) is 7.58. The van der Waals surface area contributed by atoms with E-state index in [1.54, 1.807) is 42.5 Å². The molecule has 8 nitrogen and oxygen atoms in total. The van der Waals surface area contributed by atoms with Crippen LogP contribution in [-0.4, -0.2) is 29.8 Å². The Hall–Kier alpha value is -3.89. The van der Waals surface area contributed by atoms with Gasteiger partial charge < -0.3 is 10.1 Å². The van der Waals surface area contributed by atoms with E-state index in [-0.39, 0.29) is 22.2 Å². The second-order valence-corrected chi connectivity index (χ2v) is 10.3. The number of anilines is 3. The molecular formula is C27H17Cl3N4O4S. The summed E-state index contributed by atoms with van der Waals surface area (Å²) in [5.41, 5.74) is 2.25. The predicted octanol–water partition coefficient (Wildman–Crippen LogP) is 6.81. The van der Waals surface area contributed by atoms with E-state index in [9.17, 15) is 14.4 Å². The Morgan fingerprint density at radius 3 is 2.44 bits per heavy atom. The van der Waals surface area contributed by atoms with Crippen LogP contribution in [0.5, 0.6) is 5.75 Å². The Bertz CT molecular complexity index is 1650. The average molecular weight is 600 g/mol. The van der Waals surface area contributed by atoms with Crippen molar-refractivity contribution in [2.75, 3.05) is 22.6 Å². The van der Waals surface area contributed by atoms with Gasteiger partial charge in [-0.15, -0.1) is 11.3 Å². The maximum absolute atomic E-state index is 13.2. The predicted molar refractivity (Wildman–Crippen MR) is 154 cm³/mol. The monoisotopic (exact) mass is 598 g/mol. The fourth-order valence-corrected chi connectivity index (χ4v) is 5.02. The number of hydrogen-bond donors (Lipinski definition) is 2. The molecule has 0 saturated heterocycles. The van der Waals surface area contributed by atoms with E-state index in [1.807, 2.05) is 17.5 Å². The molecule has 2 N–H and O–H groups in total. The highest BCUT2D eigenvalue weighted by atomic mass is 35.5. The van der Waals surface area contributed by atoms with Gasteiger partial charge in [0.25, 0.3) is 17.7 Å². The molecule has 196 valence electrons. The number of aromatic nitrogens is 1. The smallest absolute Gasteiger partial charge is 0.283 e. The van der Waals surface area contributed by atoms with Gasteiger partial charge in [0.2, 0.25) is 0 Å². The molecule has 1 aliphatic heterocycles. The number of thiazole rings is 1. The van der Waals surface area contributed by atoms with Gasteiger partial charge in [0.1, 0.15) is 16.5 Å². The van der Waals surface area contributed by atoms with Gasteiger partial charge in [-0.3, -0.25) is 19.7 Å². The summed E-state index contributed by atoms with van der Waals surface area (Å²) < 4.78 is 5.28. The number of benzene rings is 3. The van der Waals surface area contributed by atoms with Gasteiger partial charge in [-0.1, -0.05) is 53.0 Å². The first-order valence-electron chi connectivity index (χ1n) is 11.3. The zero-order chi connectivity index (χ0) is 27.7. The molecule has 3 amide bonds. The number of nitrogens with one attached hydrogen (secondary N) is 2. The summed E-state index contributed by atoms with van der Waals surface area (Å²) in [6.07, 6.45) is 0. The Labute approximate surface area is 241 Å². The number of imide groups is 1. The summed E-state index contributed by atoms with van der Waals surface area (Å²) >= 11 is 19.6. The van der Waals surface area contributed by atoms with Crippen molar-refractivity contribution >= 4 is 80.4 Å². The molecule has 0 atom stereocenters. The summed E-state index contributed by atoms with van der Waals surface area (Å²) in [6, 6.07) is 18.2. The fraction of sp³-hybridized carbons (Fsp3) is 0.0370. The van der Waals surface area contributed by atoms with Crippen LogP contribution >= 0.6 is 46.1 Å². The molecule has 1 aromatic heterocycles. The molecule has 0 unspecified atom stereocenters. The van der Waals surface area contributed by atoms with Gasteiger partial charge in [0.05, 0.1) is 18.5 Å². The quantitative estimate of drug-likeness (QED) is 0.226. The normalized spacial score (nSPS) is 13.2. The standard InChI is InChI=1S/C27H17Cl3N4O4S/c1-38-21-10-9-17(29)12-20(21)34-25(36)22(30)23(26(34)37)31-18-4-2-3-15(11-18)24(35)33-27-32-19(13-39-27)14-5-7-16(28)8-6-14/h2-13,31H,1H3,(H,32,33,35). The van der Waals surface area contributed by atoms with E-state index in [1.165, 1.54) is 30.6 Å². The summed E-state index contributed by atoms with van der Waals surface area (Å²) in [4.78, 5) is 44.4. The maximum atomic E-state index is 13.2. The van der Waals surface area contributed by atoms with Gasteiger partial charge in [-0.05, 0) is 48.5 Å². The van der Waals surface area contributed by atoms with Gasteiger partial charge >= 0.3 is 0 Å². The SMILES string of the molecule is COc1ccc(Cl)cc1N1C(=O)C(Cl)=C(Nc2cccc(C(=O)Nc3nc(-c4ccc(Cl)cc4)cs3)c2)C1=O. The maximum Gasteiger partial charge on any atom is 0.283 e. The van der Waals surface area contributed by atoms with E-state index in [2.05, 4.69) is 15.6 Å². The highest BCUT2D eigenvalue weighted by Crippen LogP contribution is 2.37. The molecule has 0 bridgehead atoms. The molecule has 0 fully saturated rings. The van der Waals surface area contributed by atoms with Crippen LogP contribution < -0.4 is 20.3 Å². The molecule has 5 rings (SSSR count). The van der Waals surface area contributed by atoms with E-state index in [4.69, 9.17) is 39.5 Å². The van der Waals surface area contributed by atoms with Gasteiger partial charge in [0.15, 0.2) is 5.13 Å². The van der Waals surface area contributed by atoms with Crippen LogP contribution in [0.1, 0.15) is 10.4 Å². The van der Waals surface area contributed by atoms with Crippen LogP contribution in [0, 0.1) is 0 Å². The Balaban J connectivity index is 1.32. The first-order valence-corrected chi connectivity index (χ1v) is 13.3. The minimum absolute atomic E-state index is 0.145. The molecule has 3 aromatic carbocycles. The Morgan fingerprint density at radius 2 is 1.69 bits per heavy atom. The van der Waals surface area contributed by atoms with Crippen LogP contribution in [0.2, 0.25) is 10.0 Å². The molecule has 4 aromatic rings. The molecule has 2 heterocycles. The lowest BCUT2D eigenvalue weighted by atomic mass is 10.2. The summed E-state index contributed by atoms with van der Waals surface area (Å²) in [5.74, 6) is -1.57. The third-order valence-corrected chi connectivity index (χ3v) is 7.26. The summed E-state index contributed by atoms with van der Waals surface area (Å²) in [7, 11) is 1.41. The number of methoxy groups -OCH3 is 1. The topological polar surface area (TPSA) is 101 Å². The zero-order valence-electron chi connectivity index (χ0n) is 20.0. The lowest BCUT2D eigenvalue weighted by Gasteiger charge is -2.18. The number of halogens is 3. The molecule has 0 spiro atoms. The number of amides is 3. The van der Waals surface area contributed by atoms with Gasteiger partial charge in [0, 0.05) is 32.2 Å². The van der Waals surface area contributed by atoms with Crippen molar-refractivity contribution in [3.8, 4) is 17.0 Å². The number of hydrogen-bond acceptors (Lipinski definition) is 7. The lowest BCUT2D eigenvalue weighted by Crippen LogP contribution is -2.32. The highest BCUT2D eigenvalue weighted by Gasteiger charge is 2.40. The van der Waals surface area contributed by atoms with Crippen LogP contribution in [0.25, 0.3) is 11.3 Å². The molecule has 1 aliphatic rings. The van der Waals surface area contributed by atoms with Crippen molar-refractivity contribution in [1.29, 1.82) is 0 Å². The minimum Gasteiger partial charge on any atom is -0.495 e. The first-order chi connectivity index (χ1) is 18.7. The van der Waals surface area contributed by atoms with E-state index >= 15 is 0 Å². The van der Waals surface area contributed by atoms with E-state index < -0.39 is 17.7 Å². The van der Waals surface area contributed by atoms with Crippen LogP contribution in [0.15, 0.2) is 82.8 Å². The molecule has 12 heteroatoms. The number of carbonyl (C=O) groups is 3. The lowest BCUT2D eigenvalue weighted by molar-refractivity contribution is -0.120. The van der Waals surface area contributed by atoms with Crippen molar-refractivity contribution in [3.05, 3.63) is 98.4 Å². The van der Waals surface area contributed by atoms with Gasteiger partial charge in [-0.25, -0.2) is 9.88 Å². The van der Waals surface area contributed by atoms with Crippen molar-refractivity contribution in [2.24, 2.45) is 0 Å². The summed E-state index contributed by atoms with van der Waals surface area (Å²) in [6.45, 7) is 0. The van der Waals surface area contributed by atoms with Crippen molar-refractivity contribution in [1.82, 2.24) is 4.98 Å². The van der Waals surface area contributed by atoms with Crippen LogP contribution in [0.4, 0.5) is 16.5 Å². The third-order valence-electron chi connectivity index (χ3n) is 5.67. The average Bonchev–Trinajstić information content (AvgIpc) is 3.47. The van der Waals surface area contributed by atoms with Crippen LogP contribution in [-0.2, 0) is 9.59 Å². The minimum atomic E-state index is -0.737. The van der Waals surface area contributed by atoms with Crippen molar-refractivity contribution in [2.45, 2.75) is 0 Å². The molecule has 0 saturated carbocycles. The molecule has 0 aliphatic carbocycles.